The summed E-state index contributed by atoms with van der Waals surface area (Å²) in [7, 11) is 0. The first-order valence-electron chi connectivity index (χ1n) is 9.89. The summed E-state index contributed by atoms with van der Waals surface area (Å²) in [6, 6.07) is 2.29. The van der Waals surface area contributed by atoms with Gasteiger partial charge in [0.1, 0.15) is 0 Å². The van der Waals surface area contributed by atoms with E-state index in [1.807, 2.05) is 13.8 Å². The molecule has 2 atom stereocenters. The van der Waals surface area contributed by atoms with Crippen molar-refractivity contribution in [3.8, 4) is 0 Å². The summed E-state index contributed by atoms with van der Waals surface area (Å²) >= 11 is 0. The Bertz CT molecular complexity index is 295. The number of piperazine rings is 2. The molecular formula is C19H40BN5Na. The molecule has 2 saturated heterocycles. The van der Waals surface area contributed by atoms with E-state index in [2.05, 4.69) is 34.7 Å². The second-order valence-electron chi connectivity index (χ2n) is 6.70. The quantitative estimate of drug-likeness (QED) is 0.404. The van der Waals surface area contributed by atoms with E-state index in [-0.39, 0.29) is 38.0 Å². The van der Waals surface area contributed by atoms with Crippen LogP contribution in [-0.4, -0.2) is 70.7 Å². The van der Waals surface area contributed by atoms with Crippen molar-refractivity contribution in [2.24, 2.45) is 0 Å². The Morgan fingerprint density at radius 3 is 1.88 bits per heavy atom. The number of nitrogens with zero attached hydrogens (tertiary/aromatic N) is 2. The van der Waals surface area contributed by atoms with E-state index in [0.29, 0.717) is 12.1 Å². The first-order chi connectivity index (χ1) is 11.8. The van der Waals surface area contributed by atoms with Gasteiger partial charge in [-0.1, -0.05) is 33.1 Å². The molecule has 3 fully saturated rings. The van der Waals surface area contributed by atoms with Crippen LogP contribution in [0.15, 0.2) is 0 Å². The molecule has 3 aliphatic rings. The molecule has 2 heterocycles. The first kappa shape index (κ1) is 31.1. The Morgan fingerprint density at radius 1 is 0.885 bits per heavy atom. The minimum Gasteiger partial charge on any atom is -0.512 e. The van der Waals surface area contributed by atoms with E-state index >= 15 is 0 Å². The molecule has 5 nitrogen and oxygen atoms in total. The zero-order valence-electron chi connectivity index (χ0n) is 18.0. The Hall–Kier alpha value is 0.395. The minimum atomic E-state index is 0. The summed E-state index contributed by atoms with van der Waals surface area (Å²) in [4.78, 5) is 2.71. The summed E-state index contributed by atoms with van der Waals surface area (Å²) in [5.74, 6) is 0. The van der Waals surface area contributed by atoms with Gasteiger partial charge in [0, 0.05) is 65.8 Å². The van der Waals surface area contributed by atoms with Crippen molar-refractivity contribution in [2.45, 2.75) is 77.9 Å². The van der Waals surface area contributed by atoms with Gasteiger partial charge in [-0.15, -0.1) is 0 Å². The molecule has 2 aliphatic heterocycles. The van der Waals surface area contributed by atoms with Crippen LogP contribution in [0.1, 0.15) is 59.8 Å². The van der Waals surface area contributed by atoms with Crippen molar-refractivity contribution < 1.29 is 29.6 Å². The van der Waals surface area contributed by atoms with E-state index in [1.165, 1.54) is 51.7 Å². The summed E-state index contributed by atoms with van der Waals surface area (Å²) in [5, 5.41) is 16.4. The maximum absolute atomic E-state index is 6.25. The molecule has 0 aromatic rings. The normalized spacial score (nSPS) is 25.9. The van der Waals surface area contributed by atoms with E-state index in [4.69, 9.17) is 11.8 Å². The largest absolute Gasteiger partial charge is 1.00 e. The van der Waals surface area contributed by atoms with E-state index < -0.39 is 0 Å². The zero-order chi connectivity index (χ0) is 18.2. The van der Waals surface area contributed by atoms with Crippen molar-refractivity contribution in [2.75, 3.05) is 39.3 Å². The molecule has 1 aliphatic carbocycles. The predicted octanol–water partition coefficient (Wildman–Crippen LogP) is -1.07. The fraction of sp³-hybridized carbons (Fsp3) is 0.947. The summed E-state index contributed by atoms with van der Waals surface area (Å²) < 4.78 is 0. The molecule has 0 spiro atoms. The molecule has 7 heteroatoms. The second-order valence-corrected chi connectivity index (χ2v) is 6.70. The van der Waals surface area contributed by atoms with Crippen LogP contribution in [0.3, 0.4) is 0 Å². The molecule has 0 amide bonds. The average molecular weight is 372 g/mol. The maximum atomic E-state index is 6.25. The molecule has 145 valence electrons. The van der Waals surface area contributed by atoms with Gasteiger partial charge in [0.05, 0.1) is 0 Å². The smallest absolute Gasteiger partial charge is 0.512 e. The standard InChI is InChI=1S/C11H22N2.C5H12N2.C2H6.CN.B.Na/c1-10-9-13(8-7-12-10)11-5-3-2-4-6-11;1-5-4-6-2-3-7-5;2*1-2;;/h10-12H,2-9H2,1H3;5-7H,2-4H2,1H3;1-2H3;;;/q;;;-1;;+1/t10-;5-;;;;/m11..../s1. The van der Waals surface area contributed by atoms with E-state index in [9.17, 15) is 0 Å². The van der Waals surface area contributed by atoms with Crippen LogP contribution in [0.4, 0.5) is 0 Å². The summed E-state index contributed by atoms with van der Waals surface area (Å²) in [6.45, 7) is 20.4. The SMILES string of the molecule is CC.C[C@@H]1CN(C2CCCCC2)CCN1.C[C@@H]1CNCCN1.[B].[C-]#N.[Na+]. The molecule has 3 radical (unpaired) electrons. The van der Waals surface area contributed by atoms with Gasteiger partial charge < -0.3 is 27.8 Å². The number of rotatable bonds is 1. The third-order valence-corrected chi connectivity index (χ3v) is 4.74. The van der Waals surface area contributed by atoms with Crippen LogP contribution in [0.25, 0.3) is 0 Å². The van der Waals surface area contributed by atoms with Crippen LogP contribution in [0.5, 0.6) is 0 Å². The van der Waals surface area contributed by atoms with Crippen LogP contribution in [0.2, 0.25) is 0 Å². The van der Waals surface area contributed by atoms with Gasteiger partial charge in [-0.05, 0) is 26.7 Å². The Balaban J connectivity index is -0.000000352. The number of nitrogens with one attached hydrogen (secondary N) is 3. The second kappa shape index (κ2) is 21.7. The van der Waals surface area contributed by atoms with E-state index in [1.54, 1.807) is 0 Å². The Morgan fingerprint density at radius 2 is 1.46 bits per heavy atom. The summed E-state index contributed by atoms with van der Waals surface area (Å²) in [6.07, 6.45) is 7.30. The number of hydrogen-bond acceptors (Lipinski definition) is 5. The van der Waals surface area contributed by atoms with Gasteiger partial charge in [0.15, 0.2) is 0 Å². The summed E-state index contributed by atoms with van der Waals surface area (Å²) in [5.41, 5.74) is 0. The molecule has 1 saturated carbocycles. The molecule has 0 aromatic carbocycles. The van der Waals surface area contributed by atoms with Crippen LogP contribution in [-0.2, 0) is 0 Å². The minimum absolute atomic E-state index is 0. The molecule has 26 heavy (non-hydrogen) atoms. The van der Waals surface area contributed by atoms with Gasteiger partial charge in [0.25, 0.3) is 0 Å². The van der Waals surface area contributed by atoms with Gasteiger partial charge >= 0.3 is 29.6 Å². The Labute approximate surface area is 187 Å². The monoisotopic (exact) mass is 372 g/mol. The molecule has 3 N–H and O–H groups in total. The third kappa shape index (κ3) is 14.5. The van der Waals surface area contributed by atoms with Crippen LogP contribution >= 0.6 is 0 Å². The van der Waals surface area contributed by atoms with Crippen molar-refractivity contribution in [3.05, 3.63) is 6.57 Å². The van der Waals surface area contributed by atoms with Crippen molar-refractivity contribution in [1.82, 2.24) is 20.9 Å². The average Bonchev–Trinajstić information content (AvgIpc) is 2.67. The van der Waals surface area contributed by atoms with Gasteiger partial charge in [-0.2, -0.15) is 0 Å². The Kier molecular flexibility index (Phi) is 25.9. The predicted molar refractivity (Wildman–Crippen MR) is 108 cm³/mol. The van der Waals surface area contributed by atoms with Gasteiger partial charge in [-0.25, -0.2) is 0 Å². The fourth-order valence-corrected chi connectivity index (χ4v) is 3.54. The zero-order valence-corrected chi connectivity index (χ0v) is 20.0. The molecule has 3 rings (SSSR count). The fourth-order valence-electron chi connectivity index (χ4n) is 3.54. The van der Waals surface area contributed by atoms with Crippen molar-refractivity contribution >= 4 is 8.41 Å². The molecule has 0 bridgehead atoms. The van der Waals surface area contributed by atoms with Gasteiger partial charge in [-0.3, -0.25) is 4.90 Å². The van der Waals surface area contributed by atoms with E-state index in [0.717, 1.165) is 25.7 Å². The molecular weight excluding hydrogens is 332 g/mol. The third-order valence-electron chi connectivity index (χ3n) is 4.74. The van der Waals surface area contributed by atoms with Crippen molar-refractivity contribution in [3.63, 3.8) is 0 Å². The first-order valence-corrected chi connectivity index (χ1v) is 9.89. The maximum Gasteiger partial charge on any atom is 1.00 e. The van der Waals surface area contributed by atoms with Crippen LogP contribution < -0.4 is 45.5 Å². The molecule has 0 unspecified atom stereocenters. The van der Waals surface area contributed by atoms with Crippen LogP contribution in [0, 0.1) is 11.8 Å². The molecule has 0 aromatic heterocycles. The van der Waals surface area contributed by atoms with Crippen molar-refractivity contribution in [1.29, 1.82) is 5.26 Å². The topological polar surface area (TPSA) is 63.1 Å². The van der Waals surface area contributed by atoms with Gasteiger partial charge in [0.2, 0.25) is 0 Å². The number of hydrogen-bond donors (Lipinski definition) is 3.